The SMILES string of the molecule is C=Cc1c(OCC)cccc1-c1ccccc1OCC. The van der Waals surface area contributed by atoms with Gasteiger partial charge in [0.25, 0.3) is 0 Å². The number of benzene rings is 2. The molecule has 2 aromatic rings. The van der Waals surface area contributed by atoms with Crippen molar-refractivity contribution >= 4 is 6.08 Å². The van der Waals surface area contributed by atoms with Crippen LogP contribution in [0.3, 0.4) is 0 Å². The zero-order valence-electron chi connectivity index (χ0n) is 12.1. The third-order valence-corrected chi connectivity index (χ3v) is 3.05. The molecule has 0 bridgehead atoms. The first-order chi connectivity index (χ1) is 9.81. The van der Waals surface area contributed by atoms with E-state index < -0.39 is 0 Å². The van der Waals surface area contributed by atoms with Gasteiger partial charge >= 0.3 is 0 Å². The molecule has 0 radical (unpaired) electrons. The molecule has 0 aromatic heterocycles. The van der Waals surface area contributed by atoms with Crippen LogP contribution in [0.25, 0.3) is 17.2 Å². The molecule has 0 unspecified atom stereocenters. The molecule has 2 nitrogen and oxygen atoms in total. The number of hydrogen-bond acceptors (Lipinski definition) is 2. The standard InChI is InChI=1S/C18H20O2/c1-4-14-15(11-9-13-17(14)19-5-2)16-10-7-8-12-18(16)20-6-3/h4,7-13H,1,5-6H2,2-3H3. The van der Waals surface area contributed by atoms with E-state index in [1.54, 1.807) is 0 Å². The molecule has 0 amide bonds. The molecule has 0 atom stereocenters. The highest BCUT2D eigenvalue weighted by Gasteiger charge is 2.12. The van der Waals surface area contributed by atoms with E-state index in [2.05, 4.69) is 18.7 Å². The Morgan fingerprint density at radius 1 is 0.850 bits per heavy atom. The second-order valence-electron chi connectivity index (χ2n) is 4.28. The molecule has 0 saturated carbocycles. The van der Waals surface area contributed by atoms with E-state index >= 15 is 0 Å². The number of ether oxygens (including phenoxy) is 2. The summed E-state index contributed by atoms with van der Waals surface area (Å²) in [4.78, 5) is 0. The Kier molecular flexibility index (Phi) is 4.83. The Balaban J connectivity index is 2.57. The lowest BCUT2D eigenvalue weighted by molar-refractivity contribution is 0.339. The van der Waals surface area contributed by atoms with Crippen molar-refractivity contribution in [3.05, 3.63) is 54.6 Å². The van der Waals surface area contributed by atoms with Gasteiger partial charge in [-0.2, -0.15) is 0 Å². The lowest BCUT2D eigenvalue weighted by Gasteiger charge is -2.15. The van der Waals surface area contributed by atoms with Crippen LogP contribution >= 0.6 is 0 Å². The van der Waals surface area contributed by atoms with Crippen molar-refractivity contribution in [1.82, 2.24) is 0 Å². The van der Waals surface area contributed by atoms with E-state index in [0.29, 0.717) is 13.2 Å². The third-order valence-electron chi connectivity index (χ3n) is 3.05. The van der Waals surface area contributed by atoms with Crippen molar-refractivity contribution in [1.29, 1.82) is 0 Å². The van der Waals surface area contributed by atoms with Gasteiger partial charge in [-0.25, -0.2) is 0 Å². The predicted octanol–water partition coefficient (Wildman–Crippen LogP) is 4.79. The molecule has 2 rings (SSSR count). The molecular weight excluding hydrogens is 248 g/mol. The highest BCUT2D eigenvalue weighted by Crippen LogP contribution is 2.36. The minimum atomic E-state index is 0.636. The maximum absolute atomic E-state index is 5.72. The second kappa shape index (κ2) is 6.80. The summed E-state index contributed by atoms with van der Waals surface area (Å²) >= 11 is 0. The molecule has 0 heterocycles. The highest BCUT2D eigenvalue weighted by atomic mass is 16.5. The van der Waals surface area contributed by atoms with Gasteiger partial charge in [-0.05, 0) is 31.5 Å². The highest BCUT2D eigenvalue weighted by molar-refractivity contribution is 5.81. The van der Waals surface area contributed by atoms with E-state index in [4.69, 9.17) is 9.47 Å². The van der Waals surface area contributed by atoms with Crippen LogP contribution in [0.4, 0.5) is 0 Å². The maximum Gasteiger partial charge on any atom is 0.127 e. The van der Waals surface area contributed by atoms with Crippen LogP contribution in [0.1, 0.15) is 19.4 Å². The van der Waals surface area contributed by atoms with Crippen molar-refractivity contribution < 1.29 is 9.47 Å². The van der Waals surface area contributed by atoms with Crippen LogP contribution in [0, 0.1) is 0 Å². The lowest BCUT2D eigenvalue weighted by Crippen LogP contribution is -1.97. The Labute approximate surface area is 120 Å². The Hall–Kier alpha value is -2.22. The van der Waals surface area contributed by atoms with Gasteiger partial charge in [0, 0.05) is 11.1 Å². The quantitative estimate of drug-likeness (QED) is 0.749. The van der Waals surface area contributed by atoms with Crippen LogP contribution in [0.5, 0.6) is 11.5 Å². The van der Waals surface area contributed by atoms with Crippen LogP contribution in [-0.4, -0.2) is 13.2 Å². The van der Waals surface area contributed by atoms with E-state index in [9.17, 15) is 0 Å². The van der Waals surface area contributed by atoms with Gasteiger partial charge in [0.15, 0.2) is 0 Å². The van der Waals surface area contributed by atoms with E-state index in [0.717, 1.165) is 28.2 Å². The summed E-state index contributed by atoms with van der Waals surface area (Å²) in [6.07, 6.45) is 1.84. The molecule has 2 aromatic carbocycles. The zero-order chi connectivity index (χ0) is 14.4. The van der Waals surface area contributed by atoms with Gasteiger partial charge in [-0.3, -0.25) is 0 Å². The largest absolute Gasteiger partial charge is 0.493 e. The summed E-state index contributed by atoms with van der Waals surface area (Å²) in [6, 6.07) is 14.1. The van der Waals surface area contributed by atoms with Crippen molar-refractivity contribution in [2.45, 2.75) is 13.8 Å². The first-order valence-electron chi connectivity index (χ1n) is 6.92. The summed E-state index contributed by atoms with van der Waals surface area (Å²) in [5, 5.41) is 0. The van der Waals surface area contributed by atoms with Gasteiger partial charge in [0.05, 0.1) is 13.2 Å². The third kappa shape index (κ3) is 2.85. The lowest BCUT2D eigenvalue weighted by atomic mass is 9.98. The topological polar surface area (TPSA) is 18.5 Å². The Morgan fingerprint density at radius 3 is 2.15 bits per heavy atom. The van der Waals surface area contributed by atoms with E-state index in [1.165, 1.54) is 0 Å². The predicted molar refractivity (Wildman–Crippen MR) is 84.3 cm³/mol. The zero-order valence-corrected chi connectivity index (χ0v) is 12.1. The molecule has 0 fully saturated rings. The Bertz CT molecular complexity index is 588. The summed E-state index contributed by atoms with van der Waals surface area (Å²) < 4.78 is 11.4. The van der Waals surface area contributed by atoms with E-state index in [1.807, 2.05) is 50.3 Å². The van der Waals surface area contributed by atoms with Gasteiger partial charge < -0.3 is 9.47 Å². The minimum absolute atomic E-state index is 0.636. The molecule has 2 heteroatoms. The molecule has 0 N–H and O–H groups in total. The molecule has 0 spiro atoms. The van der Waals surface area contributed by atoms with Crippen LogP contribution < -0.4 is 9.47 Å². The fourth-order valence-electron chi connectivity index (χ4n) is 2.24. The molecule has 0 aliphatic heterocycles. The number of rotatable bonds is 6. The molecule has 0 saturated heterocycles. The van der Waals surface area contributed by atoms with E-state index in [-0.39, 0.29) is 0 Å². The Morgan fingerprint density at radius 2 is 1.45 bits per heavy atom. The number of para-hydroxylation sites is 1. The maximum atomic E-state index is 5.72. The minimum Gasteiger partial charge on any atom is -0.493 e. The van der Waals surface area contributed by atoms with Gasteiger partial charge in [-0.15, -0.1) is 0 Å². The van der Waals surface area contributed by atoms with Gasteiger partial charge in [0.1, 0.15) is 11.5 Å². The average molecular weight is 268 g/mol. The van der Waals surface area contributed by atoms with Crippen molar-refractivity contribution in [3.63, 3.8) is 0 Å². The first-order valence-corrected chi connectivity index (χ1v) is 6.92. The number of hydrogen-bond donors (Lipinski definition) is 0. The van der Waals surface area contributed by atoms with Crippen LogP contribution in [0.2, 0.25) is 0 Å². The van der Waals surface area contributed by atoms with Crippen molar-refractivity contribution in [2.75, 3.05) is 13.2 Å². The summed E-state index contributed by atoms with van der Waals surface area (Å²) in [7, 11) is 0. The molecular formula is C18H20O2. The van der Waals surface area contributed by atoms with Crippen LogP contribution in [0.15, 0.2) is 49.0 Å². The second-order valence-corrected chi connectivity index (χ2v) is 4.28. The van der Waals surface area contributed by atoms with Crippen molar-refractivity contribution in [3.8, 4) is 22.6 Å². The smallest absolute Gasteiger partial charge is 0.127 e. The average Bonchev–Trinajstić information content (AvgIpc) is 2.48. The fraction of sp³-hybridized carbons (Fsp3) is 0.222. The summed E-state index contributed by atoms with van der Waals surface area (Å²) in [5.74, 6) is 1.73. The molecule has 20 heavy (non-hydrogen) atoms. The molecule has 0 aliphatic carbocycles. The monoisotopic (exact) mass is 268 g/mol. The summed E-state index contributed by atoms with van der Waals surface area (Å²) in [5.41, 5.74) is 3.14. The van der Waals surface area contributed by atoms with Gasteiger partial charge in [0.2, 0.25) is 0 Å². The van der Waals surface area contributed by atoms with Crippen LogP contribution in [-0.2, 0) is 0 Å². The van der Waals surface area contributed by atoms with Gasteiger partial charge in [-0.1, -0.05) is 43.0 Å². The fourth-order valence-corrected chi connectivity index (χ4v) is 2.24. The molecule has 104 valence electrons. The first kappa shape index (κ1) is 14.2. The molecule has 0 aliphatic rings. The van der Waals surface area contributed by atoms with Crippen molar-refractivity contribution in [2.24, 2.45) is 0 Å². The normalized spacial score (nSPS) is 10.1. The summed E-state index contributed by atoms with van der Waals surface area (Å²) in [6.45, 7) is 9.16.